The number of nitrogens with zero attached hydrogens (tertiary/aromatic N) is 3. The molecule has 1 saturated carbocycles. The van der Waals surface area contributed by atoms with E-state index < -0.39 is 42.1 Å². The van der Waals surface area contributed by atoms with Gasteiger partial charge in [-0.05, 0) is 55.7 Å². The minimum atomic E-state index is -4.43. The zero-order valence-electron chi connectivity index (χ0n) is 20.6. The first kappa shape index (κ1) is 26.3. The van der Waals surface area contributed by atoms with Gasteiger partial charge in [-0.1, -0.05) is 12.1 Å². The van der Waals surface area contributed by atoms with Crippen LogP contribution in [0.4, 0.5) is 27.6 Å². The number of rotatable bonds is 8. The summed E-state index contributed by atoms with van der Waals surface area (Å²) in [5.41, 5.74) is 1.35. The van der Waals surface area contributed by atoms with E-state index >= 15 is 0 Å². The standard InChI is InChI=1S/C27H22F5N5O2/c1-14-11-15(5-8-17(14)26(39)35-16-6-7-16)22-13-34-25-21(33-10-9-27(30,31)32)12-20(36-37(22)25)24(38)18-3-2-4-19(28)23(18)29/h2-5,8,11-13,16,33H,6-7,9-10H2,1H3,(H,35,39). The number of aryl methyl sites for hydroxylation is 1. The maximum absolute atomic E-state index is 14.4. The number of hydrogen-bond acceptors (Lipinski definition) is 5. The van der Waals surface area contributed by atoms with E-state index in [1.165, 1.54) is 16.8 Å². The van der Waals surface area contributed by atoms with Gasteiger partial charge in [0.1, 0.15) is 5.69 Å². The van der Waals surface area contributed by atoms with Crippen molar-refractivity contribution in [1.29, 1.82) is 0 Å². The van der Waals surface area contributed by atoms with Crippen molar-refractivity contribution in [2.75, 3.05) is 11.9 Å². The summed E-state index contributed by atoms with van der Waals surface area (Å²) in [6, 6.07) is 9.49. The maximum atomic E-state index is 14.4. The van der Waals surface area contributed by atoms with Crippen LogP contribution in [0.3, 0.4) is 0 Å². The molecule has 2 aromatic heterocycles. The third-order valence-electron chi connectivity index (χ3n) is 6.30. The smallest absolute Gasteiger partial charge is 0.382 e. The largest absolute Gasteiger partial charge is 0.390 e. The molecule has 12 heteroatoms. The summed E-state index contributed by atoms with van der Waals surface area (Å²) < 4.78 is 67.8. The van der Waals surface area contributed by atoms with Gasteiger partial charge in [-0.2, -0.15) is 18.3 Å². The molecule has 0 radical (unpaired) electrons. The molecule has 0 aliphatic heterocycles. The molecule has 7 nitrogen and oxygen atoms in total. The van der Waals surface area contributed by atoms with Crippen LogP contribution in [-0.4, -0.2) is 45.1 Å². The van der Waals surface area contributed by atoms with Crippen LogP contribution < -0.4 is 10.6 Å². The zero-order valence-corrected chi connectivity index (χ0v) is 20.6. The number of ketones is 1. The first-order valence-corrected chi connectivity index (χ1v) is 12.1. The van der Waals surface area contributed by atoms with E-state index in [2.05, 4.69) is 20.7 Å². The number of halogens is 5. The SMILES string of the molecule is Cc1cc(-c2cnc3c(NCCC(F)(F)F)cc(C(=O)c4cccc(F)c4F)nn23)ccc1C(=O)NC1CC1. The molecule has 0 unspecified atom stereocenters. The van der Waals surface area contributed by atoms with Crippen LogP contribution in [0.5, 0.6) is 0 Å². The summed E-state index contributed by atoms with van der Waals surface area (Å²) in [6.45, 7) is 1.24. The van der Waals surface area contributed by atoms with Gasteiger partial charge in [0.05, 0.1) is 29.6 Å². The molecular formula is C27H22F5N5O2. The van der Waals surface area contributed by atoms with Gasteiger partial charge in [-0.3, -0.25) is 9.59 Å². The van der Waals surface area contributed by atoms with Crippen LogP contribution in [0.15, 0.2) is 48.7 Å². The van der Waals surface area contributed by atoms with E-state index in [1.807, 2.05) is 0 Å². The average Bonchev–Trinajstić information content (AvgIpc) is 3.59. The lowest BCUT2D eigenvalue weighted by molar-refractivity contribution is -0.131. The molecule has 2 aromatic carbocycles. The lowest BCUT2D eigenvalue weighted by Gasteiger charge is -2.13. The molecule has 4 aromatic rings. The number of benzene rings is 2. The summed E-state index contributed by atoms with van der Waals surface area (Å²) in [6.07, 6.45) is -2.27. The number of fused-ring (bicyclic) bond motifs is 1. The van der Waals surface area contributed by atoms with Crippen molar-refractivity contribution in [3.8, 4) is 11.3 Å². The van der Waals surface area contributed by atoms with Gasteiger partial charge in [-0.25, -0.2) is 18.3 Å². The van der Waals surface area contributed by atoms with Crippen molar-refractivity contribution in [3.05, 3.63) is 82.7 Å². The van der Waals surface area contributed by atoms with Crippen molar-refractivity contribution in [2.24, 2.45) is 0 Å². The molecule has 39 heavy (non-hydrogen) atoms. The second-order valence-electron chi connectivity index (χ2n) is 9.32. The van der Waals surface area contributed by atoms with E-state index in [0.29, 0.717) is 22.4 Å². The van der Waals surface area contributed by atoms with Crippen LogP contribution in [0, 0.1) is 18.6 Å². The number of hydrogen-bond donors (Lipinski definition) is 2. The Balaban J connectivity index is 1.57. The molecule has 202 valence electrons. The fraction of sp³-hybridized carbons (Fsp3) is 0.259. The Labute approximate surface area is 219 Å². The molecule has 2 heterocycles. The third kappa shape index (κ3) is 5.59. The summed E-state index contributed by atoms with van der Waals surface area (Å²) in [5.74, 6) is -3.75. The van der Waals surface area contributed by atoms with Crippen molar-refractivity contribution in [3.63, 3.8) is 0 Å². The van der Waals surface area contributed by atoms with E-state index in [4.69, 9.17) is 0 Å². The highest BCUT2D eigenvalue weighted by Gasteiger charge is 2.27. The van der Waals surface area contributed by atoms with Crippen LogP contribution >= 0.6 is 0 Å². The lowest BCUT2D eigenvalue weighted by atomic mass is 10.0. The first-order valence-electron chi connectivity index (χ1n) is 12.1. The number of alkyl halides is 3. The highest BCUT2D eigenvalue weighted by Crippen LogP contribution is 2.29. The number of anilines is 1. The number of nitrogens with one attached hydrogen (secondary N) is 2. The average molecular weight is 543 g/mol. The van der Waals surface area contributed by atoms with Crippen molar-refractivity contribution in [2.45, 2.75) is 38.4 Å². The molecule has 1 aliphatic rings. The summed E-state index contributed by atoms with van der Waals surface area (Å²) in [5, 5.41) is 9.83. The Kier molecular flexibility index (Phi) is 6.79. The van der Waals surface area contributed by atoms with Crippen LogP contribution in [0.1, 0.15) is 51.2 Å². The quantitative estimate of drug-likeness (QED) is 0.227. The Morgan fingerprint density at radius 3 is 2.54 bits per heavy atom. The van der Waals surface area contributed by atoms with Crippen molar-refractivity contribution < 1.29 is 31.5 Å². The molecule has 1 amide bonds. The Hall–Kier alpha value is -4.35. The molecule has 0 bridgehead atoms. The topological polar surface area (TPSA) is 88.4 Å². The van der Waals surface area contributed by atoms with Crippen molar-refractivity contribution >= 4 is 23.0 Å². The van der Waals surface area contributed by atoms with E-state index in [1.54, 1.807) is 25.1 Å². The number of aromatic nitrogens is 3. The van der Waals surface area contributed by atoms with Gasteiger partial charge < -0.3 is 10.6 Å². The summed E-state index contributed by atoms with van der Waals surface area (Å²) in [7, 11) is 0. The minimum Gasteiger partial charge on any atom is -0.382 e. The first-order chi connectivity index (χ1) is 18.5. The normalized spacial score (nSPS) is 13.5. The van der Waals surface area contributed by atoms with Crippen LogP contribution in [0.2, 0.25) is 0 Å². The predicted octanol–water partition coefficient (Wildman–Crippen LogP) is 5.47. The van der Waals surface area contributed by atoms with Crippen LogP contribution in [0.25, 0.3) is 16.9 Å². The molecule has 2 N–H and O–H groups in total. The van der Waals surface area contributed by atoms with Gasteiger partial charge in [0.15, 0.2) is 17.3 Å². The lowest BCUT2D eigenvalue weighted by Crippen LogP contribution is -2.26. The van der Waals surface area contributed by atoms with Crippen molar-refractivity contribution in [1.82, 2.24) is 19.9 Å². The third-order valence-corrected chi connectivity index (χ3v) is 6.30. The molecule has 5 rings (SSSR count). The van der Waals surface area contributed by atoms with Gasteiger partial charge in [0, 0.05) is 23.7 Å². The zero-order chi connectivity index (χ0) is 27.9. The van der Waals surface area contributed by atoms with E-state index in [-0.39, 0.29) is 29.0 Å². The maximum Gasteiger partial charge on any atom is 0.390 e. The molecule has 0 atom stereocenters. The van der Waals surface area contributed by atoms with Gasteiger partial charge in [0.2, 0.25) is 5.78 Å². The monoisotopic (exact) mass is 543 g/mol. The number of amides is 1. The predicted molar refractivity (Wildman–Crippen MR) is 133 cm³/mol. The second kappa shape index (κ2) is 10.1. The van der Waals surface area contributed by atoms with E-state index in [9.17, 15) is 31.5 Å². The Morgan fingerprint density at radius 2 is 1.85 bits per heavy atom. The Bertz CT molecular complexity index is 1590. The summed E-state index contributed by atoms with van der Waals surface area (Å²) >= 11 is 0. The number of carbonyl (C=O) groups excluding carboxylic acids is 2. The number of carbonyl (C=O) groups is 2. The minimum absolute atomic E-state index is 0.0535. The molecule has 1 aliphatic carbocycles. The molecule has 0 saturated heterocycles. The summed E-state index contributed by atoms with van der Waals surface area (Å²) in [4.78, 5) is 29.9. The van der Waals surface area contributed by atoms with Crippen LogP contribution in [-0.2, 0) is 0 Å². The van der Waals surface area contributed by atoms with Gasteiger partial charge in [0.25, 0.3) is 5.91 Å². The van der Waals surface area contributed by atoms with Gasteiger partial charge in [-0.15, -0.1) is 0 Å². The van der Waals surface area contributed by atoms with E-state index in [0.717, 1.165) is 31.0 Å². The highest BCUT2D eigenvalue weighted by atomic mass is 19.4. The van der Waals surface area contributed by atoms with Gasteiger partial charge >= 0.3 is 6.18 Å². The number of imidazole rings is 1. The fourth-order valence-electron chi connectivity index (χ4n) is 4.13. The Morgan fingerprint density at radius 1 is 1.08 bits per heavy atom. The molecular weight excluding hydrogens is 521 g/mol. The fourth-order valence-corrected chi connectivity index (χ4v) is 4.13. The molecule has 0 spiro atoms. The molecule has 1 fully saturated rings. The second-order valence-corrected chi connectivity index (χ2v) is 9.32. The highest BCUT2D eigenvalue weighted by molar-refractivity contribution is 6.08.